The second-order valence-corrected chi connectivity index (χ2v) is 5.19. The summed E-state index contributed by atoms with van der Waals surface area (Å²) in [7, 11) is 1.87. The van der Waals surface area contributed by atoms with E-state index in [1.165, 1.54) is 0 Å². The minimum atomic E-state index is 0.475. The van der Waals surface area contributed by atoms with E-state index in [2.05, 4.69) is 32.1 Å². The summed E-state index contributed by atoms with van der Waals surface area (Å²) in [6.45, 7) is 5.38. The summed E-state index contributed by atoms with van der Waals surface area (Å²) in [4.78, 5) is 4.25. The predicted molar refractivity (Wildman–Crippen MR) is 91.4 cm³/mol. The Morgan fingerprint density at radius 2 is 2.17 bits per heavy atom. The highest BCUT2D eigenvalue weighted by atomic mass is 15.3. The third-order valence-electron chi connectivity index (χ3n) is 3.49. The third kappa shape index (κ3) is 4.97. The number of aromatic nitrogens is 3. The maximum Gasteiger partial charge on any atom is 0.162 e. The highest BCUT2D eigenvalue weighted by Crippen LogP contribution is 2.16. The van der Waals surface area contributed by atoms with Crippen molar-refractivity contribution in [1.29, 1.82) is 5.26 Å². The van der Waals surface area contributed by atoms with Crippen LogP contribution in [0.25, 0.3) is 0 Å². The Bertz CT molecular complexity index is 657. The number of nitrogens with zero attached hydrogens (tertiary/aromatic N) is 4. The van der Waals surface area contributed by atoms with Crippen molar-refractivity contribution < 1.29 is 0 Å². The number of rotatable bonds is 9. The van der Waals surface area contributed by atoms with Crippen LogP contribution < -0.4 is 16.0 Å². The van der Waals surface area contributed by atoms with Crippen LogP contribution in [0.5, 0.6) is 0 Å². The van der Waals surface area contributed by atoms with E-state index in [1.807, 2.05) is 30.8 Å². The molecule has 7 heteroatoms. The fourth-order valence-corrected chi connectivity index (χ4v) is 2.28. The van der Waals surface area contributed by atoms with Crippen LogP contribution in [0.2, 0.25) is 0 Å². The standard InChI is InChI=1S/C16H23N7/c1-13-11-14(12-17)22-23(13)10-9-19-6-4-8-20-15-5-3-7-21-16(15)18-2/h3,5,7,11,19-20H,4,6,8-10H2,1-2H3,(H,18,21). The van der Waals surface area contributed by atoms with Gasteiger partial charge in [0.1, 0.15) is 11.9 Å². The van der Waals surface area contributed by atoms with E-state index in [0.29, 0.717) is 5.69 Å². The van der Waals surface area contributed by atoms with Crippen molar-refractivity contribution in [2.75, 3.05) is 37.3 Å². The summed E-state index contributed by atoms with van der Waals surface area (Å²) < 4.78 is 1.86. The average molecular weight is 313 g/mol. The molecule has 0 amide bonds. The first kappa shape index (κ1) is 16.8. The lowest BCUT2D eigenvalue weighted by molar-refractivity contribution is 0.541. The molecule has 0 saturated carbocycles. The first-order valence-corrected chi connectivity index (χ1v) is 7.76. The second kappa shape index (κ2) is 8.76. The number of nitriles is 1. The molecule has 0 atom stereocenters. The minimum absolute atomic E-state index is 0.475. The molecule has 23 heavy (non-hydrogen) atoms. The minimum Gasteiger partial charge on any atom is -0.382 e. The Morgan fingerprint density at radius 1 is 1.30 bits per heavy atom. The van der Waals surface area contributed by atoms with Gasteiger partial charge in [-0.15, -0.1) is 0 Å². The number of aryl methyl sites for hydroxylation is 1. The van der Waals surface area contributed by atoms with Gasteiger partial charge in [-0.05, 0) is 38.1 Å². The third-order valence-corrected chi connectivity index (χ3v) is 3.49. The van der Waals surface area contributed by atoms with Gasteiger partial charge >= 0.3 is 0 Å². The molecule has 2 heterocycles. The van der Waals surface area contributed by atoms with Crippen molar-refractivity contribution in [1.82, 2.24) is 20.1 Å². The van der Waals surface area contributed by atoms with Gasteiger partial charge in [-0.2, -0.15) is 10.4 Å². The van der Waals surface area contributed by atoms with Gasteiger partial charge in [0.05, 0.1) is 12.2 Å². The number of nitrogens with one attached hydrogen (secondary N) is 3. The Hall–Kier alpha value is -2.59. The Morgan fingerprint density at radius 3 is 2.91 bits per heavy atom. The van der Waals surface area contributed by atoms with E-state index in [1.54, 1.807) is 12.3 Å². The molecule has 0 spiro atoms. The summed E-state index contributed by atoms with van der Waals surface area (Å²) in [6.07, 6.45) is 2.78. The average Bonchev–Trinajstić information content (AvgIpc) is 2.94. The fourth-order valence-electron chi connectivity index (χ4n) is 2.28. The SMILES string of the molecule is CNc1ncccc1NCCCNCCn1nc(C#N)cc1C. The van der Waals surface area contributed by atoms with Crippen molar-refractivity contribution in [2.24, 2.45) is 0 Å². The van der Waals surface area contributed by atoms with Crippen molar-refractivity contribution in [3.8, 4) is 6.07 Å². The van der Waals surface area contributed by atoms with Gasteiger partial charge in [0.25, 0.3) is 0 Å². The van der Waals surface area contributed by atoms with Gasteiger partial charge in [0, 0.05) is 32.0 Å². The molecular formula is C16H23N7. The molecule has 0 aliphatic carbocycles. The van der Waals surface area contributed by atoms with Crippen LogP contribution in [0.1, 0.15) is 17.8 Å². The Balaban J connectivity index is 1.61. The van der Waals surface area contributed by atoms with Crippen LogP contribution in [0.3, 0.4) is 0 Å². The molecule has 0 unspecified atom stereocenters. The Labute approximate surface area is 136 Å². The highest BCUT2D eigenvalue weighted by molar-refractivity contribution is 5.63. The first-order chi connectivity index (χ1) is 11.2. The van der Waals surface area contributed by atoms with Gasteiger partial charge in [0.2, 0.25) is 0 Å². The quantitative estimate of drug-likeness (QED) is 0.609. The maximum atomic E-state index is 8.82. The summed E-state index contributed by atoms with van der Waals surface area (Å²) in [5.41, 5.74) is 2.51. The van der Waals surface area contributed by atoms with Crippen molar-refractivity contribution in [3.63, 3.8) is 0 Å². The van der Waals surface area contributed by atoms with Gasteiger partial charge in [-0.1, -0.05) is 0 Å². The van der Waals surface area contributed by atoms with E-state index in [9.17, 15) is 0 Å². The van der Waals surface area contributed by atoms with Gasteiger partial charge in [0.15, 0.2) is 5.69 Å². The summed E-state index contributed by atoms with van der Waals surface area (Å²) in [6, 6.07) is 7.80. The number of hydrogen-bond acceptors (Lipinski definition) is 6. The molecule has 2 rings (SSSR count). The van der Waals surface area contributed by atoms with E-state index >= 15 is 0 Å². The van der Waals surface area contributed by atoms with Crippen LogP contribution in [0.15, 0.2) is 24.4 Å². The van der Waals surface area contributed by atoms with Crippen LogP contribution in [0, 0.1) is 18.3 Å². The molecule has 2 aromatic heterocycles. The van der Waals surface area contributed by atoms with Crippen molar-refractivity contribution in [2.45, 2.75) is 19.9 Å². The molecule has 0 aliphatic heterocycles. The second-order valence-electron chi connectivity index (χ2n) is 5.19. The maximum absolute atomic E-state index is 8.82. The van der Waals surface area contributed by atoms with E-state index in [-0.39, 0.29) is 0 Å². The molecular weight excluding hydrogens is 290 g/mol. The lowest BCUT2D eigenvalue weighted by Crippen LogP contribution is -2.23. The number of pyridine rings is 1. The normalized spacial score (nSPS) is 10.3. The zero-order valence-corrected chi connectivity index (χ0v) is 13.6. The van der Waals surface area contributed by atoms with Crippen LogP contribution in [-0.4, -0.2) is 41.4 Å². The molecule has 7 nitrogen and oxygen atoms in total. The lowest BCUT2D eigenvalue weighted by atomic mass is 10.3. The molecule has 2 aromatic rings. The first-order valence-electron chi connectivity index (χ1n) is 7.76. The molecule has 0 fully saturated rings. The van der Waals surface area contributed by atoms with Gasteiger partial charge < -0.3 is 16.0 Å². The molecule has 0 aromatic carbocycles. The summed E-state index contributed by atoms with van der Waals surface area (Å²) in [5.74, 6) is 0.864. The fraction of sp³-hybridized carbons (Fsp3) is 0.438. The predicted octanol–water partition coefficient (Wildman–Crippen LogP) is 1.59. The zero-order valence-electron chi connectivity index (χ0n) is 13.6. The lowest BCUT2D eigenvalue weighted by Gasteiger charge is -2.11. The highest BCUT2D eigenvalue weighted by Gasteiger charge is 2.02. The van der Waals surface area contributed by atoms with Crippen LogP contribution >= 0.6 is 0 Å². The molecule has 0 saturated heterocycles. The smallest absolute Gasteiger partial charge is 0.162 e. The monoisotopic (exact) mass is 313 g/mol. The van der Waals surface area contributed by atoms with Crippen molar-refractivity contribution in [3.05, 3.63) is 35.8 Å². The molecule has 0 aliphatic rings. The van der Waals surface area contributed by atoms with E-state index < -0.39 is 0 Å². The summed E-state index contributed by atoms with van der Waals surface area (Å²) in [5, 5.41) is 22.9. The van der Waals surface area contributed by atoms with Gasteiger partial charge in [-0.3, -0.25) is 4.68 Å². The molecule has 0 radical (unpaired) electrons. The largest absolute Gasteiger partial charge is 0.382 e. The van der Waals surface area contributed by atoms with Crippen LogP contribution in [-0.2, 0) is 6.54 Å². The summed E-state index contributed by atoms with van der Waals surface area (Å²) >= 11 is 0. The zero-order chi connectivity index (χ0) is 16.5. The van der Waals surface area contributed by atoms with Crippen LogP contribution in [0.4, 0.5) is 11.5 Å². The molecule has 3 N–H and O–H groups in total. The number of anilines is 2. The van der Waals surface area contributed by atoms with Gasteiger partial charge in [-0.25, -0.2) is 4.98 Å². The van der Waals surface area contributed by atoms with Crippen molar-refractivity contribution >= 4 is 11.5 Å². The topological polar surface area (TPSA) is 90.6 Å². The van der Waals surface area contributed by atoms with E-state index in [4.69, 9.17) is 5.26 Å². The number of hydrogen-bond donors (Lipinski definition) is 3. The Kier molecular flexibility index (Phi) is 6.39. The molecule has 0 bridgehead atoms. The van der Waals surface area contributed by atoms with E-state index in [0.717, 1.165) is 49.8 Å². The molecule has 122 valence electrons.